The van der Waals surface area contributed by atoms with Crippen molar-refractivity contribution >= 4 is 27.5 Å². The van der Waals surface area contributed by atoms with Gasteiger partial charge >= 0.3 is 0 Å². The number of carbonyl (C=O) groups excluding carboxylic acids is 2. The minimum Gasteiger partial charge on any atom is -0.354 e. The SMILES string of the molecule is CCCCNC(=O)C(C)N(Cc1ccc(C)cc1)C(=O)CN(c1cc(C)ccc1C)S(=O)(=O)c1ccc(C)cc1. The molecular weight excluding hydrogens is 522 g/mol. The predicted molar refractivity (Wildman–Crippen MR) is 161 cm³/mol. The molecule has 0 aliphatic heterocycles. The van der Waals surface area contributed by atoms with Crippen LogP contribution in [-0.2, 0) is 26.2 Å². The van der Waals surface area contributed by atoms with Gasteiger partial charge in [0.25, 0.3) is 10.0 Å². The van der Waals surface area contributed by atoms with Crippen LogP contribution < -0.4 is 9.62 Å². The Bertz CT molecular complexity index is 1420. The summed E-state index contributed by atoms with van der Waals surface area (Å²) >= 11 is 0. The highest BCUT2D eigenvalue weighted by Gasteiger charge is 2.33. The number of amides is 2. The lowest BCUT2D eigenvalue weighted by atomic mass is 10.1. The number of benzene rings is 3. The van der Waals surface area contributed by atoms with Crippen molar-refractivity contribution in [3.8, 4) is 0 Å². The Hall–Kier alpha value is -3.65. The first-order valence-corrected chi connectivity index (χ1v) is 15.2. The predicted octanol–water partition coefficient (Wildman–Crippen LogP) is 5.45. The van der Waals surface area contributed by atoms with Crippen molar-refractivity contribution in [3.63, 3.8) is 0 Å². The largest absolute Gasteiger partial charge is 0.354 e. The van der Waals surface area contributed by atoms with Gasteiger partial charge in [0.2, 0.25) is 11.8 Å². The highest BCUT2D eigenvalue weighted by Crippen LogP contribution is 2.28. The van der Waals surface area contributed by atoms with Gasteiger partial charge in [-0.2, -0.15) is 0 Å². The zero-order valence-electron chi connectivity index (χ0n) is 24.4. The van der Waals surface area contributed by atoms with Crippen molar-refractivity contribution in [1.82, 2.24) is 10.2 Å². The van der Waals surface area contributed by atoms with E-state index in [1.54, 1.807) is 37.3 Å². The minimum atomic E-state index is -4.10. The van der Waals surface area contributed by atoms with Gasteiger partial charge in [0.15, 0.2) is 0 Å². The molecule has 1 N–H and O–H groups in total. The highest BCUT2D eigenvalue weighted by molar-refractivity contribution is 7.92. The van der Waals surface area contributed by atoms with E-state index in [0.717, 1.165) is 40.7 Å². The van der Waals surface area contributed by atoms with E-state index in [-0.39, 0.29) is 17.3 Å². The topological polar surface area (TPSA) is 86.8 Å². The number of sulfonamides is 1. The average molecular weight is 564 g/mol. The Balaban J connectivity index is 2.04. The zero-order valence-corrected chi connectivity index (χ0v) is 25.2. The molecule has 0 bridgehead atoms. The number of aryl methyl sites for hydroxylation is 4. The molecule has 2 amide bonds. The normalized spacial score (nSPS) is 12.1. The van der Waals surface area contributed by atoms with E-state index >= 15 is 0 Å². The van der Waals surface area contributed by atoms with Crippen molar-refractivity contribution in [3.05, 3.63) is 94.5 Å². The Morgan fingerprint density at radius 2 is 1.43 bits per heavy atom. The summed E-state index contributed by atoms with van der Waals surface area (Å²) in [7, 11) is -4.10. The lowest BCUT2D eigenvalue weighted by Crippen LogP contribution is -2.51. The quantitative estimate of drug-likeness (QED) is 0.297. The summed E-state index contributed by atoms with van der Waals surface area (Å²) in [4.78, 5) is 28.7. The molecule has 3 rings (SSSR count). The Labute approximate surface area is 239 Å². The summed E-state index contributed by atoms with van der Waals surface area (Å²) in [5.74, 6) is -0.733. The number of hydrogen-bond donors (Lipinski definition) is 1. The van der Waals surface area contributed by atoms with E-state index in [4.69, 9.17) is 0 Å². The van der Waals surface area contributed by atoms with Crippen LogP contribution >= 0.6 is 0 Å². The van der Waals surface area contributed by atoms with Crippen LogP contribution in [0.25, 0.3) is 0 Å². The fourth-order valence-electron chi connectivity index (χ4n) is 4.35. The molecule has 1 unspecified atom stereocenters. The van der Waals surface area contributed by atoms with Crippen molar-refractivity contribution in [2.24, 2.45) is 0 Å². The number of carbonyl (C=O) groups is 2. The van der Waals surface area contributed by atoms with Crippen molar-refractivity contribution in [2.45, 2.75) is 71.9 Å². The van der Waals surface area contributed by atoms with Crippen molar-refractivity contribution in [2.75, 3.05) is 17.4 Å². The molecular formula is C32H41N3O4S. The maximum atomic E-state index is 14.0. The monoisotopic (exact) mass is 563 g/mol. The molecule has 3 aromatic rings. The first-order valence-electron chi connectivity index (χ1n) is 13.7. The Morgan fingerprint density at radius 1 is 0.850 bits per heavy atom. The van der Waals surface area contributed by atoms with E-state index in [9.17, 15) is 18.0 Å². The standard InChI is InChI=1S/C32H41N3O4S/c1-7-8-19-33-32(37)27(6)34(21-28-15-10-23(2)11-16-28)31(36)22-35(30-20-25(4)9-14-26(30)5)40(38,39)29-17-12-24(3)13-18-29/h9-18,20,27H,7-8,19,21-22H2,1-6H3,(H,33,37). The number of hydrogen-bond acceptors (Lipinski definition) is 4. The second kappa shape index (κ2) is 13.6. The molecule has 3 aromatic carbocycles. The van der Waals surface area contributed by atoms with Gasteiger partial charge < -0.3 is 10.2 Å². The first kappa shape index (κ1) is 30.9. The number of anilines is 1. The molecule has 0 fully saturated rings. The summed E-state index contributed by atoms with van der Waals surface area (Å²) in [6.07, 6.45) is 1.77. The molecule has 7 nitrogen and oxygen atoms in total. The van der Waals surface area contributed by atoms with Crippen LogP contribution in [0.4, 0.5) is 5.69 Å². The highest BCUT2D eigenvalue weighted by atomic mass is 32.2. The van der Waals surface area contributed by atoms with Crippen molar-refractivity contribution in [1.29, 1.82) is 0 Å². The lowest BCUT2D eigenvalue weighted by molar-refractivity contribution is -0.139. The van der Waals surface area contributed by atoms with Crippen LogP contribution in [0.3, 0.4) is 0 Å². The molecule has 0 saturated heterocycles. The molecule has 40 heavy (non-hydrogen) atoms. The van der Waals surface area contributed by atoms with Crippen LogP contribution in [-0.4, -0.2) is 44.3 Å². The summed E-state index contributed by atoms with van der Waals surface area (Å²) in [5, 5.41) is 2.91. The van der Waals surface area contributed by atoms with Gasteiger partial charge in [-0.25, -0.2) is 8.42 Å². The van der Waals surface area contributed by atoms with Crippen LogP contribution in [0.15, 0.2) is 71.6 Å². The fraction of sp³-hybridized carbons (Fsp3) is 0.375. The van der Waals surface area contributed by atoms with Gasteiger partial charge in [0.1, 0.15) is 12.6 Å². The summed E-state index contributed by atoms with van der Waals surface area (Å²) in [5.41, 5.74) is 4.90. The van der Waals surface area contributed by atoms with Gasteiger partial charge in [0, 0.05) is 13.1 Å². The van der Waals surface area contributed by atoms with Crippen LogP contribution in [0, 0.1) is 27.7 Å². The molecule has 214 valence electrons. The second-order valence-electron chi connectivity index (χ2n) is 10.4. The molecule has 0 saturated carbocycles. The summed E-state index contributed by atoms with van der Waals surface area (Å²) in [6.45, 7) is 11.5. The van der Waals surface area contributed by atoms with E-state index < -0.39 is 28.5 Å². The van der Waals surface area contributed by atoms with E-state index in [2.05, 4.69) is 5.32 Å². The van der Waals surface area contributed by atoms with Gasteiger partial charge in [0.05, 0.1) is 10.6 Å². The maximum Gasteiger partial charge on any atom is 0.264 e. The van der Waals surface area contributed by atoms with Crippen LogP contribution in [0.5, 0.6) is 0 Å². The first-order chi connectivity index (χ1) is 18.9. The number of nitrogens with one attached hydrogen (secondary N) is 1. The third-order valence-electron chi connectivity index (χ3n) is 6.99. The van der Waals surface area contributed by atoms with Crippen molar-refractivity contribution < 1.29 is 18.0 Å². The number of rotatable bonds is 12. The number of unbranched alkanes of at least 4 members (excludes halogenated alkanes) is 1. The molecule has 1 atom stereocenters. The van der Waals surface area contributed by atoms with Gasteiger partial charge in [-0.05, 0) is 75.9 Å². The van der Waals surface area contributed by atoms with Crippen LogP contribution in [0.1, 0.15) is 54.5 Å². The lowest BCUT2D eigenvalue weighted by Gasteiger charge is -2.32. The third kappa shape index (κ3) is 7.72. The fourth-order valence-corrected chi connectivity index (χ4v) is 5.82. The molecule has 0 spiro atoms. The molecule has 0 aliphatic carbocycles. The van der Waals surface area contributed by atoms with E-state index in [1.807, 2.05) is 71.0 Å². The van der Waals surface area contributed by atoms with Gasteiger partial charge in [-0.15, -0.1) is 0 Å². The Kier molecular flexibility index (Phi) is 10.5. The molecule has 0 heterocycles. The molecule has 0 aliphatic rings. The molecule has 8 heteroatoms. The van der Waals surface area contributed by atoms with Crippen LogP contribution in [0.2, 0.25) is 0 Å². The molecule has 0 aromatic heterocycles. The average Bonchev–Trinajstić information content (AvgIpc) is 2.92. The van der Waals surface area contributed by atoms with E-state index in [0.29, 0.717) is 12.2 Å². The maximum absolute atomic E-state index is 14.0. The number of nitrogens with zero attached hydrogens (tertiary/aromatic N) is 2. The second-order valence-corrected chi connectivity index (χ2v) is 12.3. The zero-order chi connectivity index (χ0) is 29.4. The smallest absolute Gasteiger partial charge is 0.264 e. The van der Waals surface area contributed by atoms with Gasteiger partial charge in [-0.3, -0.25) is 13.9 Å². The Morgan fingerprint density at radius 3 is 2.02 bits per heavy atom. The minimum absolute atomic E-state index is 0.0993. The van der Waals surface area contributed by atoms with Gasteiger partial charge in [-0.1, -0.05) is 73.0 Å². The molecule has 0 radical (unpaired) electrons. The summed E-state index contributed by atoms with van der Waals surface area (Å²) < 4.78 is 29.2. The summed E-state index contributed by atoms with van der Waals surface area (Å²) in [6, 6.07) is 19.1. The van der Waals surface area contributed by atoms with E-state index in [1.165, 1.54) is 9.21 Å². The third-order valence-corrected chi connectivity index (χ3v) is 8.77.